The molecule has 1 N–H and O–H groups in total. The van der Waals surface area contributed by atoms with Crippen LogP contribution in [0.5, 0.6) is 5.75 Å². The number of benzene rings is 1. The van der Waals surface area contributed by atoms with Crippen LogP contribution in [0.2, 0.25) is 0 Å². The van der Waals surface area contributed by atoms with Crippen LogP contribution in [0.3, 0.4) is 0 Å². The van der Waals surface area contributed by atoms with Crippen LogP contribution in [0.4, 0.5) is 5.69 Å². The van der Waals surface area contributed by atoms with E-state index >= 15 is 0 Å². The molecule has 1 aromatic carbocycles. The van der Waals surface area contributed by atoms with Crippen molar-refractivity contribution in [3.8, 4) is 11.4 Å². The largest absolute Gasteiger partial charge is 0.489 e. The fourth-order valence-corrected chi connectivity index (χ4v) is 3.81. The fraction of sp³-hybridized carbons (Fsp3) is 0.222. The molecule has 0 spiro atoms. The maximum absolute atomic E-state index is 13.1. The minimum absolute atomic E-state index is 0.0739. The number of fused-ring (bicyclic) bond motifs is 3. The summed E-state index contributed by atoms with van der Waals surface area (Å²) in [6, 6.07) is 10.3. The van der Waals surface area contributed by atoms with Crippen molar-refractivity contribution in [2.75, 3.05) is 11.0 Å². The lowest BCUT2D eigenvalue weighted by atomic mass is 10.1. The van der Waals surface area contributed by atoms with Gasteiger partial charge in [-0.3, -0.25) is 14.1 Å². The highest BCUT2D eigenvalue weighted by atomic mass is 32.2. The normalized spacial score (nSPS) is 16.3. The van der Waals surface area contributed by atoms with Gasteiger partial charge in [0.05, 0.1) is 28.6 Å². The third-order valence-corrected chi connectivity index (χ3v) is 4.80. The second kappa shape index (κ2) is 5.84. The molecule has 0 radical (unpaired) electrons. The quantitative estimate of drug-likeness (QED) is 0.761. The first-order valence-electron chi connectivity index (χ1n) is 8.11. The summed E-state index contributed by atoms with van der Waals surface area (Å²) in [6.07, 6.45) is 3.15. The zero-order chi connectivity index (χ0) is 18.5. The summed E-state index contributed by atoms with van der Waals surface area (Å²) < 4.78 is 32.8. The smallest absolute Gasteiger partial charge is 0.263 e. The van der Waals surface area contributed by atoms with Crippen molar-refractivity contribution in [3.63, 3.8) is 0 Å². The van der Waals surface area contributed by atoms with Crippen LogP contribution in [0.1, 0.15) is 12.5 Å². The summed E-state index contributed by atoms with van der Waals surface area (Å²) in [5.74, 6) is 0.590. The number of rotatable bonds is 3. The van der Waals surface area contributed by atoms with Gasteiger partial charge in [-0.05, 0) is 37.3 Å². The minimum atomic E-state index is -3.42. The molecule has 2 aromatic heterocycles. The Labute approximate surface area is 150 Å². The van der Waals surface area contributed by atoms with Crippen molar-refractivity contribution in [2.45, 2.75) is 19.4 Å². The number of nitrogens with zero attached hydrogens (tertiary/aromatic N) is 2. The fourth-order valence-electron chi connectivity index (χ4n) is 3.25. The Kier molecular flexibility index (Phi) is 3.73. The van der Waals surface area contributed by atoms with Crippen molar-refractivity contribution in [3.05, 3.63) is 58.5 Å². The van der Waals surface area contributed by atoms with E-state index in [2.05, 4.69) is 9.71 Å². The predicted octanol–water partition coefficient (Wildman–Crippen LogP) is 2.08. The van der Waals surface area contributed by atoms with Gasteiger partial charge in [-0.15, -0.1) is 0 Å². The Morgan fingerprint density at radius 3 is 2.85 bits per heavy atom. The minimum Gasteiger partial charge on any atom is -0.489 e. The van der Waals surface area contributed by atoms with E-state index in [4.69, 9.17) is 4.74 Å². The standard InChI is InChI=1S/C18H17N3O4S/c1-11-9-15-16(25-11)14-7-4-8-19-17(14)21(18(15)22)13-6-3-5-12(10-13)20-26(2,23)24/h3-8,10-11,20H,9H2,1-2H3. The number of hydrogen-bond acceptors (Lipinski definition) is 5. The molecule has 134 valence electrons. The second-order valence-electron chi connectivity index (χ2n) is 6.38. The van der Waals surface area contributed by atoms with Gasteiger partial charge in [0.2, 0.25) is 10.0 Å². The number of ether oxygens (including phenoxy) is 1. The van der Waals surface area contributed by atoms with Crippen molar-refractivity contribution in [1.82, 2.24) is 9.55 Å². The maximum atomic E-state index is 13.1. The first-order valence-corrected chi connectivity index (χ1v) is 10.00. The predicted molar refractivity (Wildman–Crippen MR) is 99.6 cm³/mol. The number of pyridine rings is 2. The molecule has 1 aliphatic rings. The first kappa shape index (κ1) is 16.6. The van der Waals surface area contributed by atoms with Gasteiger partial charge in [0, 0.05) is 12.6 Å². The van der Waals surface area contributed by atoms with Crippen LogP contribution in [-0.2, 0) is 16.4 Å². The number of anilines is 1. The molecular weight excluding hydrogens is 354 g/mol. The van der Waals surface area contributed by atoms with E-state index in [0.717, 1.165) is 11.6 Å². The van der Waals surface area contributed by atoms with Crippen LogP contribution in [-0.4, -0.2) is 30.3 Å². The molecule has 3 aromatic rings. The number of nitrogens with one attached hydrogen (secondary N) is 1. The first-order chi connectivity index (χ1) is 12.3. The maximum Gasteiger partial charge on any atom is 0.263 e. The number of aromatic nitrogens is 2. The lowest BCUT2D eigenvalue weighted by molar-refractivity contribution is 0.257. The molecule has 3 heterocycles. The molecule has 7 nitrogen and oxygen atoms in total. The molecule has 0 saturated carbocycles. The average molecular weight is 371 g/mol. The Bertz CT molecular complexity index is 1180. The summed E-state index contributed by atoms with van der Waals surface area (Å²) >= 11 is 0. The molecular formula is C18H17N3O4S. The SMILES string of the molecule is CC1Cc2c(c3cccnc3n(-c3cccc(NS(C)(=O)=O)c3)c2=O)O1. The summed E-state index contributed by atoms with van der Waals surface area (Å²) in [4.78, 5) is 17.5. The number of hydrogen-bond donors (Lipinski definition) is 1. The lowest BCUT2D eigenvalue weighted by Gasteiger charge is -2.14. The summed E-state index contributed by atoms with van der Waals surface area (Å²) in [7, 11) is -3.42. The number of sulfonamides is 1. The third kappa shape index (κ3) is 2.82. The zero-order valence-corrected chi connectivity index (χ0v) is 15.1. The van der Waals surface area contributed by atoms with Crippen LogP contribution in [0, 0.1) is 0 Å². The Hall–Kier alpha value is -2.87. The molecule has 0 amide bonds. The van der Waals surface area contributed by atoms with E-state index in [-0.39, 0.29) is 11.7 Å². The second-order valence-corrected chi connectivity index (χ2v) is 8.13. The van der Waals surface area contributed by atoms with E-state index < -0.39 is 10.0 Å². The molecule has 4 rings (SSSR count). The summed E-state index contributed by atoms with van der Waals surface area (Å²) in [5.41, 5.74) is 1.80. The van der Waals surface area contributed by atoms with E-state index in [1.54, 1.807) is 36.5 Å². The summed E-state index contributed by atoms with van der Waals surface area (Å²) in [6.45, 7) is 1.92. The van der Waals surface area contributed by atoms with Gasteiger partial charge < -0.3 is 4.74 Å². The Morgan fingerprint density at radius 2 is 2.08 bits per heavy atom. The monoisotopic (exact) mass is 371 g/mol. The van der Waals surface area contributed by atoms with E-state index in [9.17, 15) is 13.2 Å². The molecule has 26 heavy (non-hydrogen) atoms. The van der Waals surface area contributed by atoms with Crippen LogP contribution >= 0.6 is 0 Å². The molecule has 1 aliphatic heterocycles. The highest BCUT2D eigenvalue weighted by molar-refractivity contribution is 7.92. The van der Waals surface area contributed by atoms with Crippen LogP contribution in [0.15, 0.2) is 47.4 Å². The van der Waals surface area contributed by atoms with Crippen molar-refractivity contribution >= 4 is 26.7 Å². The van der Waals surface area contributed by atoms with Crippen LogP contribution in [0.25, 0.3) is 16.7 Å². The molecule has 0 fully saturated rings. The Balaban J connectivity index is 1.99. The van der Waals surface area contributed by atoms with Gasteiger partial charge in [0.1, 0.15) is 11.9 Å². The van der Waals surface area contributed by atoms with Gasteiger partial charge >= 0.3 is 0 Å². The highest BCUT2D eigenvalue weighted by Gasteiger charge is 2.27. The van der Waals surface area contributed by atoms with Gasteiger partial charge in [-0.2, -0.15) is 0 Å². The topological polar surface area (TPSA) is 90.3 Å². The molecule has 8 heteroatoms. The van der Waals surface area contributed by atoms with E-state index in [1.807, 2.05) is 13.0 Å². The Morgan fingerprint density at radius 1 is 1.27 bits per heavy atom. The average Bonchev–Trinajstić information content (AvgIpc) is 2.96. The van der Waals surface area contributed by atoms with Gasteiger partial charge in [0.15, 0.2) is 5.65 Å². The molecule has 1 atom stereocenters. The molecule has 0 aliphatic carbocycles. The third-order valence-electron chi connectivity index (χ3n) is 4.20. The van der Waals surface area contributed by atoms with E-state index in [1.165, 1.54) is 4.57 Å². The lowest BCUT2D eigenvalue weighted by Crippen LogP contribution is -2.23. The van der Waals surface area contributed by atoms with Gasteiger partial charge in [-0.1, -0.05) is 6.07 Å². The van der Waals surface area contributed by atoms with E-state index in [0.29, 0.717) is 34.8 Å². The van der Waals surface area contributed by atoms with Crippen molar-refractivity contribution in [1.29, 1.82) is 0 Å². The summed E-state index contributed by atoms with van der Waals surface area (Å²) in [5, 5.41) is 0.757. The van der Waals surface area contributed by atoms with Gasteiger partial charge in [0.25, 0.3) is 5.56 Å². The zero-order valence-electron chi connectivity index (χ0n) is 14.3. The van der Waals surface area contributed by atoms with Gasteiger partial charge in [-0.25, -0.2) is 13.4 Å². The van der Waals surface area contributed by atoms with Crippen molar-refractivity contribution < 1.29 is 13.2 Å². The molecule has 0 saturated heterocycles. The molecule has 0 bridgehead atoms. The van der Waals surface area contributed by atoms with Crippen LogP contribution < -0.4 is 15.0 Å². The molecule has 1 unspecified atom stereocenters. The van der Waals surface area contributed by atoms with Crippen molar-refractivity contribution in [2.24, 2.45) is 0 Å². The highest BCUT2D eigenvalue weighted by Crippen LogP contribution is 2.34.